The van der Waals surface area contributed by atoms with Crippen LogP contribution in [0, 0.1) is 12.3 Å². The molecule has 1 atom stereocenters. The van der Waals surface area contributed by atoms with E-state index in [-0.39, 0.29) is 5.54 Å². The lowest BCUT2D eigenvalue weighted by Gasteiger charge is -2.43. The van der Waals surface area contributed by atoms with Gasteiger partial charge in [0.1, 0.15) is 10.7 Å². The van der Waals surface area contributed by atoms with E-state index in [2.05, 4.69) is 32.2 Å². The number of aryl methyl sites for hydroxylation is 1. The molecule has 0 aromatic carbocycles. The van der Waals surface area contributed by atoms with Gasteiger partial charge in [0.05, 0.1) is 40.3 Å². The Kier molecular flexibility index (Phi) is 5.58. The van der Waals surface area contributed by atoms with Crippen LogP contribution < -0.4 is 10.2 Å². The molecule has 6 rings (SSSR count). The molecule has 2 aromatic rings. The summed E-state index contributed by atoms with van der Waals surface area (Å²) in [5.74, 6) is 5.31. The van der Waals surface area contributed by atoms with E-state index in [0.717, 1.165) is 67.1 Å². The first kappa shape index (κ1) is 21.7. The third kappa shape index (κ3) is 4.21. The number of fused-ring (bicyclic) bond motifs is 1. The number of anilines is 2. The molecule has 0 bridgehead atoms. The molecule has 2 aliphatic carbocycles. The van der Waals surface area contributed by atoms with Gasteiger partial charge in [-0.05, 0) is 44.1 Å². The van der Waals surface area contributed by atoms with E-state index in [1.807, 2.05) is 0 Å². The van der Waals surface area contributed by atoms with Crippen LogP contribution in [0.5, 0.6) is 0 Å². The van der Waals surface area contributed by atoms with Gasteiger partial charge in [0.25, 0.3) is 0 Å². The van der Waals surface area contributed by atoms with Gasteiger partial charge < -0.3 is 15.0 Å². The van der Waals surface area contributed by atoms with E-state index in [1.54, 1.807) is 12.4 Å². The minimum absolute atomic E-state index is 0.106. The highest BCUT2D eigenvalue weighted by Gasteiger charge is 2.41. The summed E-state index contributed by atoms with van der Waals surface area (Å²) in [6.45, 7) is 2.13. The van der Waals surface area contributed by atoms with Gasteiger partial charge in [0.15, 0.2) is 5.82 Å². The topological polar surface area (TPSA) is 93.1 Å². The van der Waals surface area contributed by atoms with E-state index in [0.29, 0.717) is 42.3 Å². The predicted octanol–water partition coefficient (Wildman–Crippen LogP) is 2.72. The molecular formula is C25H28N6O2S. The molecule has 0 radical (unpaired) electrons. The highest BCUT2D eigenvalue weighted by molar-refractivity contribution is 7.85. The molecule has 9 heteroatoms. The number of nitrogens with one attached hydrogen (secondary N) is 1. The maximum atomic E-state index is 12.8. The molecule has 2 aromatic heterocycles. The van der Waals surface area contributed by atoms with Crippen LogP contribution in [0.2, 0.25) is 0 Å². The van der Waals surface area contributed by atoms with Crippen molar-refractivity contribution in [2.24, 2.45) is 0 Å². The first-order valence-electron chi connectivity index (χ1n) is 12.0. The Morgan fingerprint density at radius 2 is 2.06 bits per heavy atom. The first-order valence-corrected chi connectivity index (χ1v) is 13.4. The van der Waals surface area contributed by atoms with Crippen LogP contribution in [0.25, 0.3) is 5.57 Å². The summed E-state index contributed by atoms with van der Waals surface area (Å²) < 4.78 is 18.9. The molecular weight excluding hydrogens is 448 g/mol. The van der Waals surface area contributed by atoms with Gasteiger partial charge in [-0.1, -0.05) is 12.0 Å². The zero-order chi connectivity index (χ0) is 23.1. The van der Waals surface area contributed by atoms with E-state index >= 15 is 0 Å². The molecule has 1 N–H and O–H groups in total. The number of rotatable bonds is 7. The van der Waals surface area contributed by atoms with Crippen LogP contribution in [-0.4, -0.2) is 61.2 Å². The van der Waals surface area contributed by atoms with E-state index in [1.165, 1.54) is 6.42 Å². The fraction of sp³-hybridized carbons (Fsp3) is 0.520. The summed E-state index contributed by atoms with van der Waals surface area (Å²) in [5.41, 5.74) is 2.58. The van der Waals surface area contributed by atoms with Crippen LogP contribution in [0.15, 0.2) is 23.4 Å². The fourth-order valence-electron chi connectivity index (χ4n) is 4.70. The summed E-state index contributed by atoms with van der Waals surface area (Å²) in [6.07, 6.45) is 18.4. The van der Waals surface area contributed by atoms with Crippen molar-refractivity contribution in [2.45, 2.75) is 61.5 Å². The summed E-state index contributed by atoms with van der Waals surface area (Å²) >= 11 is 0. The zero-order valence-corrected chi connectivity index (χ0v) is 19.9. The van der Waals surface area contributed by atoms with Crippen molar-refractivity contribution in [2.75, 3.05) is 35.7 Å². The van der Waals surface area contributed by atoms with Gasteiger partial charge in [-0.25, -0.2) is 15.0 Å². The molecule has 2 fully saturated rings. The average Bonchev–Trinajstić information content (AvgIpc) is 3.61. The van der Waals surface area contributed by atoms with Crippen molar-refractivity contribution in [1.29, 1.82) is 0 Å². The number of hydrogen-bond acceptors (Lipinski definition) is 8. The Bertz CT molecular complexity index is 1200. The minimum Gasteiger partial charge on any atom is -0.376 e. The molecule has 34 heavy (non-hydrogen) atoms. The monoisotopic (exact) mass is 476 g/mol. The maximum Gasteiger partial charge on any atom is 0.227 e. The van der Waals surface area contributed by atoms with Crippen LogP contribution >= 0.6 is 0 Å². The Hall–Kier alpha value is -2.83. The predicted molar refractivity (Wildman–Crippen MR) is 131 cm³/mol. The highest BCUT2D eigenvalue weighted by Crippen LogP contribution is 2.40. The molecule has 0 amide bonds. The second-order valence-corrected chi connectivity index (χ2v) is 11.1. The lowest BCUT2D eigenvalue weighted by atomic mass is 9.77. The van der Waals surface area contributed by atoms with E-state index < -0.39 is 10.8 Å². The third-order valence-corrected chi connectivity index (χ3v) is 8.55. The van der Waals surface area contributed by atoms with Crippen molar-refractivity contribution >= 4 is 28.1 Å². The van der Waals surface area contributed by atoms with Gasteiger partial charge in [-0.2, -0.15) is 4.98 Å². The van der Waals surface area contributed by atoms with Crippen molar-refractivity contribution in [3.8, 4) is 12.3 Å². The summed E-state index contributed by atoms with van der Waals surface area (Å²) in [5, 5.41) is 3.68. The maximum absolute atomic E-state index is 12.8. The van der Waals surface area contributed by atoms with Gasteiger partial charge >= 0.3 is 0 Å². The summed E-state index contributed by atoms with van der Waals surface area (Å²) in [7, 11) is -1.06. The molecule has 4 heterocycles. The Morgan fingerprint density at radius 3 is 2.71 bits per heavy atom. The lowest BCUT2D eigenvalue weighted by molar-refractivity contribution is 0.0496. The standard InChI is InChI=1S/C25H28N6O2S/c1-2-17-14-26-22(27-15-17)18-6-11-31(12-7-18)24-28-20-8-13-34(32)21(20)23(29-24)30-25(9-3-10-25)16-33-19-4-5-19/h1,6,14-15,19H,3-5,7-13,16H2,(H,28,29,30)/t34-/m1/s1. The number of hydrogen-bond donors (Lipinski definition) is 1. The van der Waals surface area contributed by atoms with Gasteiger partial charge in [0, 0.05) is 37.7 Å². The van der Waals surface area contributed by atoms with E-state index in [9.17, 15) is 4.21 Å². The molecule has 4 aliphatic rings. The molecule has 2 aliphatic heterocycles. The Morgan fingerprint density at radius 1 is 1.24 bits per heavy atom. The largest absolute Gasteiger partial charge is 0.376 e. The quantitative estimate of drug-likeness (QED) is 0.610. The van der Waals surface area contributed by atoms with Crippen molar-refractivity contribution in [1.82, 2.24) is 19.9 Å². The Labute approximate surface area is 202 Å². The highest BCUT2D eigenvalue weighted by atomic mass is 32.2. The first-order chi connectivity index (χ1) is 16.6. The average molecular weight is 477 g/mol. The smallest absolute Gasteiger partial charge is 0.227 e. The molecule has 0 spiro atoms. The van der Waals surface area contributed by atoms with Crippen LogP contribution in [0.1, 0.15) is 55.6 Å². The van der Waals surface area contributed by atoms with Crippen molar-refractivity contribution in [3.63, 3.8) is 0 Å². The molecule has 8 nitrogen and oxygen atoms in total. The van der Waals surface area contributed by atoms with Gasteiger partial charge in [-0.15, -0.1) is 6.42 Å². The third-order valence-electron chi connectivity index (χ3n) is 7.09. The van der Waals surface area contributed by atoms with E-state index in [4.69, 9.17) is 21.1 Å². The Balaban J connectivity index is 1.24. The molecule has 2 saturated carbocycles. The van der Waals surface area contributed by atoms with Crippen molar-refractivity contribution in [3.05, 3.63) is 35.6 Å². The number of terminal acetylenes is 1. The molecule has 176 valence electrons. The SMILES string of the molecule is C#Cc1cnc(C2=CCN(c3nc4c(c(NC5(COC6CC6)CCC5)n3)[S@](=O)CC4)CC2)nc1. The van der Waals surface area contributed by atoms with Crippen LogP contribution in [0.4, 0.5) is 11.8 Å². The second kappa shape index (κ2) is 8.75. The van der Waals surface area contributed by atoms with Gasteiger partial charge in [0.2, 0.25) is 5.95 Å². The van der Waals surface area contributed by atoms with Crippen LogP contribution in [0.3, 0.4) is 0 Å². The fourth-order valence-corrected chi connectivity index (χ4v) is 6.01. The number of nitrogens with zero attached hydrogens (tertiary/aromatic N) is 5. The lowest BCUT2D eigenvalue weighted by Crippen LogP contribution is -2.49. The normalized spacial score (nSPS) is 23.0. The van der Waals surface area contributed by atoms with Crippen molar-refractivity contribution < 1.29 is 8.95 Å². The number of ether oxygens (including phenoxy) is 1. The minimum atomic E-state index is -1.06. The summed E-state index contributed by atoms with van der Waals surface area (Å²) in [4.78, 5) is 21.5. The molecule has 0 unspecified atom stereocenters. The van der Waals surface area contributed by atoms with Crippen LogP contribution in [-0.2, 0) is 22.0 Å². The summed E-state index contributed by atoms with van der Waals surface area (Å²) in [6, 6.07) is 0. The second-order valence-electron chi connectivity index (χ2n) is 9.58. The number of aromatic nitrogens is 4. The molecule has 0 saturated heterocycles. The van der Waals surface area contributed by atoms with Gasteiger partial charge in [-0.3, -0.25) is 4.21 Å². The zero-order valence-electron chi connectivity index (χ0n) is 19.1.